The highest BCUT2D eigenvalue weighted by Gasteiger charge is 2.09. The second-order valence-electron chi connectivity index (χ2n) is 2.37. The van der Waals surface area contributed by atoms with Gasteiger partial charge in [0.05, 0.1) is 0 Å². The maximum Gasteiger partial charge on any atom is 0.00717 e. The van der Waals surface area contributed by atoms with Crippen LogP contribution in [0, 0.1) is 5.92 Å². The van der Waals surface area contributed by atoms with Crippen LogP contribution >= 0.6 is 15.9 Å². The Morgan fingerprint density at radius 3 is 2.88 bits per heavy atom. The van der Waals surface area contributed by atoms with Gasteiger partial charge < -0.3 is 5.32 Å². The van der Waals surface area contributed by atoms with E-state index in [2.05, 4.69) is 21.2 Å². The summed E-state index contributed by atoms with van der Waals surface area (Å²) in [6.45, 7) is 2.44. The van der Waals surface area contributed by atoms with Gasteiger partial charge in [-0.15, -0.1) is 0 Å². The molecule has 1 atom stereocenters. The predicted octanol–water partition coefficient (Wildman–Crippen LogP) is 1.38. The number of rotatable bonds is 1. The van der Waals surface area contributed by atoms with Gasteiger partial charge in [0, 0.05) is 5.33 Å². The third kappa shape index (κ3) is 1.75. The second kappa shape index (κ2) is 3.46. The lowest BCUT2D eigenvalue weighted by Gasteiger charge is -2.19. The van der Waals surface area contributed by atoms with E-state index in [4.69, 9.17) is 0 Å². The third-order valence-electron chi connectivity index (χ3n) is 1.62. The fourth-order valence-electron chi connectivity index (χ4n) is 1.06. The van der Waals surface area contributed by atoms with Crippen LogP contribution in [-0.2, 0) is 0 Å². The predicted molar refractivity (Wildman–Crippen MR) is 39.4 cm³/mol. The van der Waals surface area contributed by atoms with Crippen molar-refractivity contribution in [1.82, 2.24) is 5.32 Å². The van der Waals surface area contributed by atoms with Gasteiger partial charge in [-0.05, 0) is 31.8 Å². The van der Waals surface area contributed by atoms with Crippen molar-refractivity contribution in [2.75, 3.05) is 18.4 Å². The van der Waals surface area contributed by atoms with Crippen LogP contribution in [0.4, 0.5) is 0 Å². The van der Waals surface area contributed by atoms with E-state index in [1.165, 1.54) is 31.3 Å². The molecule has 8 heavy (non-hydrogen) atoms. The zero-order valence-corrected chi connectivity index (χ0v) is 6.58. The van der Waals surface area contributed by atoms with E-state index < -0.39 is 0 Å². The maximum atomic E-state index is 3.47. The van der Waals surface area contributed by atoms with E-state index in [-0.39, 0.29) is 0 Å². The van der Waals surface area contributed by atoms with Gasteiger partial charge in [-0.1, -0.05) is 15.9 Å². The Morgan fingerprint density at radius 2 is 2.50 bits per heavy atom. The Kier molecular flexibility index (Phi) is 2.84. The summed E-state index contributed by atoms with van der Waals surface area (Å²) in [5.41, 5.74) is 0. The molecule has 1 N–H and O–H groups in total. The van der Waals surface area contributed by atoms with E-state index in [9.17, 15) is 0 Å². The molecule has 0 amide bonds. The molecule has 0 unspecified atom stereocenters. The summed E-state index contributed by atoms with van der Waals surface area (Å²) in [4.78, 5) is 0. The molecule has 1 aliphatic heterocycles. The Balaban J connectivity index is 2.13. The van der Waals surface area contributed by atoms with E-state index in [1.54, 1.807) is 0 Å². The van der Waals surface area contributed by atoms with Gasteiger partial charge in [0.25, 0.3) is 0 Å². The molecular weight excluding hydrogens is 166 g/mol. The molecular formula is C6H12BrN. The molecule has 0 bridgehead atoms. The van der Waals surface area contributed by atoms with Crippen LogP contribution in [0.15, 0.2) is 0 Å². The van der Waals surface area contributed by atoms with Crippen LogP contribution in [0.5, 0.6) is 0 Å². The van der Waals surface area contributed by atoms with Gasteiger partial charge >= 0.3 is 0 Å². The zero-order valence-electron chi connectivity index (χ0n) is 4.99. The minimum Gasteiger partial charge on any atom is -0.316 e. The minimum atomic E-state index is 0.892. The van der Waals surface area contributed by atoms with Gasteiger partial charge in [-0.25, -0.2) is 0 Å². The molecule has 0 aromatic heterocycles. The lowest BCUT2D eigenvalue weighted by atomic mass is 10.0. The standard InChI is InChI=1S/C6H12BrN/c7-4-6-2-1-3-8-5-6/h6,8H,1-5H2/t6-/m1/s1. The van der Waals surface area contributed by atoms with Gasteiger partial charge in [0.2, 0.25) is 0 Å². The Bertz CT molecular complexity index is 59.5. The lowest BCUT2D eigenvalue weighted by Crippen LogP contribution is -2.30. The second-order valence-corrected chi connectivity index (χ2v) is 3.01. The van der Waals surface area contributed by atoms with E-state index >= 15 is 0 Å². The fraction of sp³-hybridized carbons (Fsp3) is 1.00. The summed E-state index contributed by atoms with van der Waals surface area (Å²) in [7, 11) is 0. The highest BCUT2D eigenvalue weighted by molar-refractivity contribution is 9.09. The van der Waals surface area contributed by atoms with Crippen molar-refractivity contribution in [3.05, 3.63) is 0 Å². The summed E-state index contributed by atoms with van der Waals surface area (Å²) in [5.74, 6) is 0.892. The lowest BCUT2D eigenvalue weighted by molar-refractivity contribution is 0.412. The Labute approximate surface area is 59.0 Å². The number of piperidine rings is 1. The maximum absolute atomic E-state index is 3.47. The number of hydrogen-bond acceptors (Lipinski definition) is 1. The van der Waals surface area contributed by atoms with E-state index in [0.29, 0.717) is 0 Å². The summed E-state index contributed by atoms with van der Waals surface area (Å²) >= 11 is 3.47. The van der Waals surface area contributed by atoms with Crippen LogP contribution in [0.25, 0.3) is 0 Å². The van der Waals surface area contributed by atoms with Crippen molar-refractivity contribution in [3.63, 3.8) is 0 Å². The molecule has 1 saturated heterocycles. The van der Waals surface area contributed by atoms with Crippen LogP contribution in [0.1, 0.15) is 12.8 Å². The Morgan fingerprint density at radius 1 is 1.62 bits per heavy atom. The molecule has 0 radical (unpaired) electrons. The molecule has 0 spiro atoms. The van der Waals surface area contributed by atoms with Crippen molar-refractivity contribution in [1.29, 1.82) is 0 Å². The normalized spacial score (nSPS) is 30.4. The van der Waals surface area contributed by atoms with Crippen molar-refractivity contribution in [3.8, 4) is 0 Å². The smallest absolute Gasteiger partial charge is 0.00717 e. The summed E-state index contributed by atoms with van der Waals surface area (Å²) in [6.07, 6.45) is 2.76. The first-order chi connectivity index (χ1) is 3.93. The molecule has 2 heteroatoms. The average Bonchev–Trinajstić information content (AvgIpc) is 1.90. The monoisotopic (exact) mass is 177 g/mol. The van der Waals surface area contributed by atoms with Crippen LogP contribution in [0.3, 0.4) is 0 Å². The molecule has 1 aliphatic rings. The van der Waals surface area contributed by atoms with Gasteiger partial charge in [-0.2, -0.15) is 0 Å². The highest BCUT2D eigenvalue weighted by atomic mass is 79.9. The third-order valence-corrected chi connectivity index (χ3v) is 2.53. The first-order valence-corrected chi connectivity index (χ1v) is 4.32. The zero-order chi connectivity index (χ0) is 5.82. The van der Waals surface area contributed by atoms with Crippen molar-refractivity contribution >= 4 is 15.9 Å². The molecule has 0 aromatic rings. The minimum absolute atomic E-state index is 0.892. The molecule has 0 aliphatic carbocycles. The molecule has 48 valence electrons. The van der Waals surface area contributed by atoms with Crippen molar-refractivity contribution < 1.29 is 0 Å². The molecule has 1 rings (SSSR count). The number of halogens is 1. The van der Waals surface area contributed by atoms with E-state index in [0.717, 1.165) is 5.92 Å². The molecule has 1 heterocycles. The number of alkyl halides is 1. The van der Waals surface area contributed by atoms with Crippen LogP contribution in [-0.4, -0.2) is 18.4 Å². The van der Waals surface area contributed by atoms with Gasteiger partial charge in [0.1, 0.15) is 0 Å². The Hall–Kier alpha value is 0.440. The van der Waals surface area contributed by atoms with Crippen molar-refractivity contribution in [2.24, 2.45) is 5.92 Å². The number of hydrogen-bond donors (Lipinski definition) is 1. The van der Waals surface area contributed by atoms with Gasteiger partial charge in [-0.3, -0.25) is 0 Å². The molecule has 0 saturated carbocycles. The van der Waals surface area contributed by atoms with Gasteiger partial charge in [0.15, 0.2) is 0 Å². The summed E-state index contributed by atoms with van der Waals surface area (Å²) < 4.78 is 0. The van der Waals surface area contributed by atoms with Crippen molar-refractivity contribution in [2.45, 2.75) is 12.8 Å². The summed E-state index contributed by atoms with van der Waals surface area (Å²) in [6, 6.07) is 0. The van der Waals surface area contributed by atoms with E-state index in [1.807, 2.05) is 0 Å². The summed E-state index contributed by atoms with van der Waals surface area (Å²) in [5, 5.41) is 4.52. The quantitative estimate of drug-likeness (QED) is 0.598. The molecule has 1 fully saturated rings. The first-order valence-electron chi connectivity index (χ1n) is 3.20. The molecule has 1 nitrogen and oxygen atoms in total. The first kappa shape index (κ1) is 6.56. The topological polar surface area (TPSA) is 12.0 Å². The average molecular weight is 178 g/mol. The fourth-order valence-corrected chi connectivity index (χ4v) is 1.61. The highest BCUT2D eigenvalue weighted by Crippen LogP contribution is 2.11. The van der Waals surface area contributed by atoms with Crippen LogP contribution < -0.4 is 5.32 Å². The number of nitrogens with one attached hydrogen (secondary N) is 1. The molecule has 0 aromatic carbocycles. The SMILES string of the molecule is BrC[C@H]1CCCNC1. The largest absolute Gasteiger partial charge is 0.316 e. The van der Waals surface area contributed by atoms with Crippen LogP contribution in [0.2, 0.25) is 0 Å².